The molecule has 5 rings (SSSR count). The number of aromatic hydroxyl groups is 1. The van der Waals surface area contributed by atoms with Crippen molar-refractivity contribution in [3.05, 3.63) is 73.9 Å². The van der Waals surface area contributed by atoms with Crippen LogP contribution in [0.2, 0.25) is 0 Å². The molecule has 2 aromatic heterocycles. The van der Waals surface area contributed by atoms with Crippen molar-refractivity contribution >= 4 is 52.4 Å². The molecule has 0 aliphatic carbocycles. The minimum atomic E-state index is -4.78. The van der Waals surface area contributed by atoms with Crippen molar-refractivity contribution in [1.82, 2.24) is 14.5 Å². The number of rotatable bonds is 8. The molecule has 1 aliphatic heterocycles. The van der Waals surface area contributed by atoms with Crippen LogP contribution < -0.4 is 10.1 Å². The minimum absolute atomic E-state index is 0.00124. The van der Waals surface area contributed by atoms with Gasteiger partial charge in [0.2, 0.25) is 11.8 Å². The number of hydrogen-bond acceptors (Lipinski definition) is 8. The first-order valence-corrected chi connectivity index (χ1v) is 15.1. The SMILES string of the molecule is O=C(Nc1ccccc1-c1ccc(OC(F)(F)F)cc1)c1csc(C2CCN(C(=O)CCn3c(O)csc3=S)CC2)n1. The fourth-order valence-corrected chi connectivity index (χ4v) is 6.66. The molecule has 0 saturated carbocycles. The maximum atomic E-state index is 13.1. The number of alkyl halides is 3. The third kappa shape index (κ3) is 7.17. The molecule has 4 aromatic rings. The summed E-state index contributed by atoms with van der Waals surface area (Å²) in [7, 11) is 0. The summed E-state index contributed by atoms with van der Waals surface area (Å²) in [6.45, 7) is 1.48. The number of nitrogens with zero attached hydrogens (tertiary/aromatic N) is 3. The Morgan fingerprint density at radius 2 is 1.79 bits per heavy atom. The molecule has 3 heterocycles. The smallest absolute Gasteiger partial charge is 0.494 e. The van der Waals surface area contributed by atoms with Crippen LogP contribution in [0.4, 0.5) is 18.9 Å². The maximum absolute atomic E-state index is 13.1. The van der Waals surface area contributed by atoms with E-state index in [2.05, 4.69) is 15.0 Å². The number of hydrogen-bond donors (Lipinski definition) is 2. The highest BCUT2D eigenvalue weighted by Crippen LogP contribution is 2.33. The lowest BCUT2D eigenvalue weighted by molar-refractivity contribution is -0.274. The Kier molecular flexibility index (Phi) is 8.94. The van der Waals surface area contributed by atoms with Crippen LogP contribution in [-0.2, 0) is 11.3 Å². The summed E-state index contributed by atoms with van der Waals surface area (Å²) in [6.07, 6.45) is -3.09. The van der Waals surface area contributed by atoms with Crippen molar-refractivity contribution in [2.75, 3.05) is 18.4 Å². The molecule has 14 heteroatoms. The van der Waals surface area contributed by atoms with Gasteiger partial charge in [-0.3, -0.25) is 14.2 Å². The number of likely N-dealkylation sites (tertiary alicyclic amines) is 1. The van der Waals surface area contributed by atoms with Gasteiger partial charge < -0.3 is 20.1 Å². The molecule has 1 fully saturated rings. The molecule has 0 atom stereocenters. The summed E-state index contributed by atoms with van der Waals surface area (Å²) in [5, 5.41) is 16.8. The molecule has 220 valence electrons. The zero-order valence-corrected chi connectivity index (χ0v) is 24.4. The van der Waals surface area contributed by atoms with E-state index >= 15 is 0 Å². The van der Waals surface area contributed by atoms with Crippen LogP contribution in [0.3, 0.4) is 0 Å². The number of aromatic nitrogens is 2. The fraction of sp³-hybridized carbons (Fsp3) is 0.286. The first kappa shape index (κ1) is 29.7. The Labute approximate surface area is 252 Å². The molecule has 42 heavy (non-hydrogen) atoms. The number of amides is 2. The molecule has 0 unspecified atom stereocenters. The van der Waals surface area contributed by atoms with E-state index in [1.54, 1.807) is 39.6 Å². The predicted molar refractivity (Wildman–Crippen MR) is 157 cm³/mol. The number of halogens is 3. The highest BCUT2D eigenvalue weighted by atomic mass is 32.1. The largest absolute Gasteiger partial charge is 0.573 e. The van der Waals surface area contributed by atoms with Gasteiger partial charge in [0.05, 0.1) is 10.4 Å². The lowest BCUT2D eigenvalue weighted by Gasteiger charge is -2.31. The van der Waals surface area contributed by atoms with Gasteiger partial charge in [0.25, 0.3) is 5.91 Å². The maximum Gasteiger partial charge on any atom is 0.573 e. The standard InChI is InChI=1S/C28H25F3N4O4S3/c29-28(30,31)39-19-7-5-17(6-8-19)20-3-1-2-4-21(20)32-25(38)22-15-41-26(33-22)18-9-12-34(13-10-18)23(36)11-14-35-24(37)16-42-27(35)40/h1-8,15-16,18,37H,9-14H2,(H,32,38). The number of thiazole rings is 2. The van der Waals surface area contributed by atoms with Gasteiger partial charge in [-0.1, -0.05) is 30.3 Å². The highest BCUT2D eigenvalue weighted by Gasteiger charge is 2.31. The van der Waals surface area contributed by atoms with Crippen LogP contribution in [0.1, 0.15) is 40.7 Å². The second-order valence-corrected chi connectivity index (χ2v) is 12.0. The summed E-state index contributed by atoms with van der Waals surface area (Å²) in [6, 6.07) is 12.4. The summed E-state index contributed by atoms with van der Waals surface area (Å²) >= 11 is 7.84. The molecule has 0 bridgehead atoms. The zero-order chi connectivity index (χ0) is 29.9. The van der Waals surface area contributed by atoms with Gasteiger partial charge in [-0.05, 0) is 48.8 Å². The number of benzene rings is 2. The van der Waals surface area contributed by atoms with Crippen LogP contribution in [0, 0.1) is 3.95 Å². The molecule has 2 N–H and O–H groups in total. The number of carbonyl (C=O) groups excluding carboxylic acids is 2. The molecule has 0 radical (unpaired) electrons. The molecular weight excluding hydrogens is 610 g/mol. The third-order valence-corrected chi connectivity index (χ3v) is 9.10. The predicted octanol–water partition coefficient (Wildman–Crippen LogP) is 7.06. The normalized spacial score (nSPS) is 14.1. The van der Waals surface area contributed by atoms with Gasteiger partial charge in [0, 0.05) is 48.6 Å². The number of ether oxygens (including phenoxy) is 1. The summed E-state index contributed by atoms with van der Waals surface area (Å²) in [4.78, 5) is 32.2. The van der Waals surface area contributed by atoms with Gasteiger partial charge in [-0.15, -0.1) is 35.8 Å². The van der Waals surface area contributed by atoms with E-state index in [-0.39, 0.29) is 35.6 Å². The van der Waals surface area contributed by atoms with Crippen molar-refractivity contribution < 1.29 is 32.6 Å². The van der Waals surface area contributed by atoms with Gasteiger partial charge >= 0.3 is 6.36 Å². The Hall–Kier alpha value is -3.75. The summed E-state index contributed by atoms with van der Waals surface area (Å²) < 4.78 is 43.5. The molecule has 2 aromatic carbocycles. The fourth-order valence-electron chi connectivity index (χ4n) is 4.72. The van der Waals surface area contributed by atoms with Crippen LogP contribution in [0.5, 0.6) is 11.6 Å². The average Bonchev–Trinajstić information content (AvgIpc) is 3.58. The second kappa shape index (κ2) is 12.6. The summed E-state index contributed by atoms with van der Waals surface area (Å²) in [5.41, 5.74) is 2.00. The molecule has 1 aliphatic rings. The Balaban J connectivity index is 1.17. The van der Waals surface area contributed by atoms with Gasteiger partial charge in [0.1, 0.15) is 11.4 Å². The molecule has 2 amide bonds. The summed E-state index contributed by atoms with van der Waals surface area (Å²) in [5.74, 6) is -0.537. The quantitative estimate of drug-likeness (QED) is 0.202. The van der Waals surface area contributed by atoms with Crippen LogP contribution in [0.25, 0.3) is 11.1 Å². The first-order valence-electron chi connectivity index (χ1n) is 12.9. The number of carbonyl (C=O) groups is 2. The zero-order valence-electron chi connectivity index (χ0n) is 22.0. The van der Waals surface area contributed by atoms with E-state index in [1.807, 2.05) is 4.90 Å². The van der Waals surface area contributed by atoms with E-state index in [9.17, 15) is 27.9 Å². The minimum Gasteiger partial charge on any atom is -0.494 e. The lowest BCUT2D eigenvalue weighted by atomic mass is 9.97. The lowest BCUT2D eigenvalue weighted by Crippen LogP contribution is -2.38. The number of anilines is 1. The van der Waals surface area contributed by atoms with Crippen molar-refractivity contribution in [3.63, 3.8) is 0 Å². The van der Waals surface area contributed by atoms with Crippen LogP contribution in [-0.4, -0.2) is 50.8 Å². The van der Waals surface area contributed by atoms with Crippen molar-refractivity contribution in [2.45, 2.75) is 38.1 Å². The van der Waals surface area contributed by atoms with Gasteiger partial charge in [0.15, 0.2) is 3.95 Å². The van der Waals surface area contributed by atoms with Crippen LogP contribution in [0.15, 0.2) is 59.3 Å². The Bertz CT molecular complexity index is 1620. The molecule has 1 saturated heterocycles. The van der Waals surface area contributed by atoms with Gasteiger partial charge in [-0.25, -0.2) is 4.98 Å². The number of para-hydroxylation sites is 1. The number of nitrogens with one attached hydrogen (secondary N) is 1. The average molecular weight is 635 g/mol. The van der Waals surface area contributed by atoms with E-state index in [4.69, 9.17) is 12.2 Å². The first-order chi connectivity index (χ1) is 20.1. The monoisotopic (exact) mass is 634 g/mol. The molecule has 8 nitrogen and oxygen atoms in total. The van der Waals surface area contributed by atoms with E-state index in [1.165, 1.54) is 46.9 Å². The van der Waals surface area contributed by atoms with E-state index in [0.29, 0.717) is 40.4 Å². The van der Waals surface area contributed by atoms with Crippen molar-refractivity contribution in [3.8, 4) is 22.8 Å². The second-order valence-electron chi connectivity index (χ2n) is 9.56. The van der Waals surface area contributed by atoms with Crippen molar-refractivity contribution in [2.24, 2.45) is 0 Å². The topological polar surface area (TPSA) is 96.7 Å². The number of piperidine rings is 1. The van der Waals surface area contributed by atoms with E-state index < -0.39 is 12.3 Å². The Morgan fingerprint density at radius 1 is 1.07 bits per heavy atom. The van der Waals surface area contributed by atoms with E-state index in [0.717, 1.165) is 17.8 Å². The highest BCUT2D eigenvalue weighted by molar-refractivity contribution is 7.73. The van der Waals surface area contributed by atoms with Crippen molar-refractivity contribution in [1.29, 1.82) is 0 Å². The Morgan fingerprint density at radius 3 is 2.45 bits per heavy atom. The van der Waals surface area contributed by atoms with Crippen LogP contribution >= 0.6 is 34.9 Å². The third-order valence-electron chi connectivity index (χ3n) is 6.84. The molecule has 0 spiro atoms. The molecular formula is C28H25F3N4O4S3. The van der Waals surface area contributed by atoms with Gasteiger partial charge in [-0.2, -0.15) is 0 Å².